The zero-order valence-electron chi connectivity index (χ0n) is 14.0. The Bertz CT molecular complexity index is 965. The normalized spacial score (nSPS) is 11.3. The van der Waals surface area contributed by atoms with Gasteiger partial charge >= 0.3 is 0 Å². The summed E-state index contributed by atoms with van der Waals surface area (Å²) < 4.78 is 36.1. The molecule has 1 amide bonds. The Balaban J connectivity index is 1.56. The lowest BCUT2D eigenvalue weighted by atomic mass is 10.3. The Labute approximate surface area is 150 Å². The lowest BCUT2D eigenvalue weighted by Gasteiger charge is -2.19. The van der Waals surface area contributed by atoms with Gasteiger partial charge < -0.3 is 14.3 Å². The molecule has 0 spiro atoms. The van der Waals surface area contributed by atoms with E-state index in [4.69, 9.17) is 8.94 Å². The van der Waals surface area contributed by atoms with Crippen molar-refractivity contribution in [3.8, 4) is 11.5 Å². The van der Waals surface area contributed by atoms with Crippen LogP contribution in [0.3, 0.4) is 0 Å². The maximum Gasteiger partial charge on any atom is 0.273 e. The van der Waals surface area contributed by atoms with Crippen LogP contribution < -0.4 is 9.62 Å². The smallest absolute Gasteiger partial charge is 0.273 e. The number of hydrogen-bond donors (Lipinski definition) is 1. The number of carbonyl (C=O) groups is 1. The van der Waals surface area contributed by atoms with Crippen LogP contribution >= 0.6 is 0 Å². The van der Waals surface area contributed by atoms with Crippen molar-refractivity contribution in [2.75, 3.05) is 23.7 Å². The number of para-hydroxylation sites is 1. The molecule has 0 fully saturated rings. The monoisotopic (exact) mass is 375 g/mol. The fraction of sp³-hybridized carbons (Fsp3) is 0.176. The minimum absolute atomic E-state index is 0.0465. The van der Waals surface area contributed by atoms with Crippen LogP contribution in [0.25, 0.3) is 11.5 Å². The van der Waals surface area contributed by atoms with Crippen molar-refractivity contribution in [1.29, 1.82) is 0 Å². The first kappa shape index (κ1) is 17.7. The Morgan fingerprint density at radius 3 is 2.62 bits per heavy atom. The number of rotatable bonds is 7. The van der Waals surface area contributed by atoms with Crippen LogP contribution in [-0.4, -0.2) is 38.8 Å². The Morgan fingerprint density at radius 2 is 1.92 bits per heavy atom. The molecule has 0 radical (unpaired) electrons. The molecule has 0 bridgehead atoms. The summed E-state index contributed by atoms with van der Waals surface area (Å²) in [6.07, 6.45) is 1.48. The molecule has 9 heteroatoms. The molecular formula is C17H17N3O5S. The highest BCUT2D eigenvalue weighted by atomic mass is 32.2. The number of hydrogen-bond acceptors (Lipinski definition) is 6. The second-order valence-corrected chi connectivity index (χ2v) is 7.55. The van der Waals surface area contributed by atoms with Gasteiger partial charge in [0.25, 0.3) is 5.91 Å². The number of anilines is 1. The third-order valence-electron chi connectivity index (χ3n) is 3.69. The third-order valence-corrected chi connectivity index (χ3v) is 5.45. The van der Waals surface area contributed by atoms with E-state index in [0.717, 1.165) is 0 Å². The quantitative estimate of drug-likeness (QED) is 0.678. The predicted molar refractivity (Wildman–Crippen MR) is 95.2 cm³/mol. The second kappa shape index (κ2) is 7.44. The van der Waals surface area contributed by atoms with Gasteiger partial charge in [0.05, 0.1) is 17.7 Å². The fourth-order valence-corrected chi connectivity index (χ4v) is 3.31. The number of nitrogens with one attached hydrogen (secondary N) is 1. The van der Waals surface area contributed by atoms with Gasteiger partial charge in [-0.2, -0.15) is 0 Å². The van der Waals surface area contributed by atoms with Crippen molar-refractivity contribution in [2.45, 2.75) is 0 Å². The summed E-state index contributed by atoms with van der Waals surface area (Å²) in [7, 11) is -2.09. The third kappa shape index (κ3) is 3.94. The van der Waals surface area contributed by atoms with E-state index in [1.165, 1.54) is 23.7 Å². The summed E-state index contributed by atoms with van der Waals surface area (Å²) in [6, 6.07) is 13.5. The zero-order chi connectivity index (χ0) is 18.6. The average molecular weight is 375 g/mol. The summed E-state index contributed by atoms with van der Waals surface area (Å²) in [6.45, 7) is -0.0543. The Kier molecular flexibility index (Phi) is 5.08. The van der Waals surface area contributed by atoms with Gasteiger partial charge in [0.2, 0.25) is 15.8 Å². The van der Waals surface area contributed by atoms with Gasteiger partial charge in [-0.25, -0.2) is 8.42 Å². The van der Waals surface area contributed by atoms with Crippen molar-refractivity contribution >= 4 is 21.6 Å². The molecule has 136 valence electrons. The summed E-state index contributed by atoms with van der Waals surface area (Å²) in [5, 5.41) is 6.19. The molecule has 26 heavy (non-hydrogen) atoms. The molecule has 0 aliphatic carbocycles. The zero-order valence-corrected chi connectivity index (χ0v) is 14.8. The first-order chi connectivity index (χ1) is 12.5. The summed E-state index contributed by atoms with van der Waals surface area (Å²) in [4.78, 5) is 12.1. The number of benzene rings is 1. The van der Waals surface area contributed by atoms with E-state index in [2.05, 4.69) is 10.5 Å². The molecule has 3 aromatic rings. The van der Waals surface area contributed by atoms with E-state index >= 15 is 0 Å². The molecule has 0 aliphatic heterocycles. The van der Waals surface area contributed by atoms with Crippen molar-refractivity contribution in [3.05, 3.63) is 60.5 Å². The van der Waals surface area contributed by atoms with Crippen LogP contribution in [0.4, 0.5) is 5.69 Å². The lowest BCUT2D eigenvalue weighted by molar-refractivity contribution is 0.0947. The van der Waals surface area contributed by atoms with Gasteiger partial charge in [0, 0.05) is 19.7 Å². The lowest BCUT2D eigenvalue weighted by Crippen LogP contribution is -2.35. The molecule has 3 rings (SSSR count). The molecule has 2 aromatic heterocycles. The minimum Gasteiger partial charge on any atom is -0.461 e. The minimum atomic E-state index is -3.56. The molecular weight excluding hydrogens is 358 g/mol. The number of sulfonamides is 1. The van der Waals surface area contributed by atoms with Crippen LogP contribution in [0, 0.1) is 0 Å². The highest BCUT2D eigenvalue weighted by Gasteiger charge is 2.20. The van der Waals surface area contributed by atoms with Gasteiger partial charge in [-0.15, -0.1) is 0 Å². The maximum absolute atomic E-state index is 12.3. The Hall–Kier alpha value is -3.07. The van der Waals surface area contributed by atoms with Crippen LogP contribution in [-0.2, 0) is 10.0 Å². The van der Waals surface area contributed by atoms with E-state index in [1.54, 1.807) is 42.5 Å². The van der Waals surface area contributed by atoms with Gasteiger partial charge in [-0.3, -0.25) is 9.10 Å². The molecule has 8 nitrogen and oxygen atoms in total. The van der Waals surface area contributed by atoms with Crippen molar-refractivity contribution in [3.63, 3.8) is 0 Å². The van der Waals surface area contributed by atoms with Gasteiger partial charge in [0.1, 0.15) is 0 Å². The van der Waals surface area contributed by atoms with Gasteiger partial charge in [-0.05, 0) is 24.3 Å². The van der Waals surface area contributed by atoms with Crippen molar-refractivity contribution < 1.29 is 22.2 Å². The average Bonchev–Trinajstić information content (AvgIpc) is 3.33. The number of furan rings is 1. The second-order valence-electron chi connectivity index (χ2n) is 5.43. The molecule has 0 aliphatic rings. The van der Waals surface area contributed by atoms with E-state index in [1.807, 2.05) is 0 Å². The molecule has 0 atom stereocenters. The Morgan fingerprint density at radius 1 is 1.15 bits per heavy atom. The fourth-order valence-electron chi connectivity index (χ4n) is 2.24. The van der Waals surface area contributed by atoms with Crippen LogP contribution in [0.5, 0.6) is 0 Å². The van der Waals surface area contributed by atoms with Crippen LogP contribution in [0.15, 0.2) is 63.7 Å². The molecule has 2 heterocycles. The van der Waals surface area contributed by atoms with Crippen molar-refractivity contribution in [1.82, 2.24) is 10.5 Å². The van der Waals surface area contributed by atoms with E-state index in [-0.39, 0.29) is 18.0 Å². The largest absolute Gasteiger partial charge is 0.461 e. The molecule has 1 N–H and O–H groups in total. The standard InChI is InChI=1S/C17H17N3O5S/c1-20(13-6-3-2-4-7-13)26(22,23)11-9-18-17(21)14-12-16(25-19-14)15-8-5-10-24-15/h2-8,10,12H,9,11H2,1H3,(H,18,21). The topological polar surface area (TPSA) is 106 Å². The van der Waals surface area contributed by atoms with Crippen LogP contribution in [0.2, 0.25) is 0 Å². The van der Waals surface area contributed by atoms with E-state index in [0.29, 0.717) is 17.2 Å². The molecule has 0 unspecified atom stereocenters. The first-order valence-corrected chi connectivity index (χ1v) is 9.39. The van der Waals surface area contributed by atoms with Crippen LogP contribution in [0.1, 0.15) is 10.5 Å². The van der Waals surface area contributed by atoms with Crippen molar-refractivity contribution in [2.24, 2.45) is 0 Å². The SMILES string of the molecule is CN(c1ccccc1)S(=O)(=O)CCNC(=O)c1cc(-c2ccco2)on1. The highest BCUT2D eigenvalue weighted by molar-refractivity contribution is 7.92. The number of nitrogens with zero attached hydrogens (tertiary/aromatic N) is 2. The number of carbonyl (C=O) groups excluding carboxylic acids is 1. The van der Waals surface area contributed by atoms with E-state index < -0.39 is 15.9 Å². The van der Waals surface area contributed by atoms with Gasteiger partial charge in [-0.1, -0.05) is 23.4 Å². The maximum atomic E-state index is 12.3. The first-order valence-electron chi connectivity index (χ1n) is 7.78. The summed E-state index contributed by atoms with van der Waals surface area (Å²) in [5.74, 6) is -0.00292. The molecule has 1 aromatic carbocycles. The highest BCUT2D eigenvalue weighted by Crippen LogP contribution is 2.20. The van der Waals surface area contributed by atoms with Gasteiger partial charge in [0.15, 0.2) is 11.5 Å². The summed E-state index contributed by atoms with van der Waals surface area (Å²) in [5.41, 5.74) is 0.601. The summed E-state index contributed by atoms with van der Waals surface area (Å²) >= 11 is 0. The number of aromatic nitrogens is 1. The van der Waals surface area contributed by atoms with E-state index in [9.17, 15) is 13.2 Å². The predicted octanol–water partition coefficient (Wildman–Crippen LogP) is 2.13. The molecule has 0 saturated heterocycles. The number of amides is 1. The molecule has 0 saturated carbocycles.